The van der Waals surface area contributed by atoms with Crippen LogP contribution >= 0.6 is 0 Å². The molecule has 1 aliphatic rings. The highest BCUT2D eigenvalue weighted by atomic mass is 15.6. The molecule has 0 atom stereocenters. The average molecular weight is 309 g/mol. The Kier molecular flexibility index (Phi) is 13.2. The lowest BCUT2D eigenvalue weighted by atomic mass is 10.0. The standard InChI is InChI=1S/C18H36N4/c1-2-3-4-5-6-7-8-9-10-11-12-13-14-15-16-17-18-19-21-22-20-18/h18H,2-17H2,1H3. The lowest BCUT2D eigenvalue weighted by molar-refractivity contribution is 0.518. The van der Waals surface area contributed by atoms with E-state index in [0.717, 1.165) is 6.42 Å². The van der Waals surface area contributed by atoms with E-state index in [1.54, 1.807) is 0 Å². The largest absolute Gasteiger partial charge is 0.185 e. The molecule has 0 aromatic rings. The van der Waals surface area contributed by atoms with Crippen molar-refractivity contribution in [3.05, 3.63) is 0 Å². The molecule has 0 fully saturated rings. The molecule has 0 radical (unpaired) electrons. The van der Waals surface area contributed by atoms with Crippen LogP contribution in [0.2, 0.25) is 0 Å². The van der Waals surface area contributed by atoms with E-state index in [4.69, 9.17) is 0 Å². The lowest BCUT2D eigenvalue weighted by Gasteiger charge is -2.03. The third kappa shape index (κ3) is 11.8. The molecule has 0 unspecified atom stereocenters. The fourth-order valence-corrected chi connectivity index (χ4v) is 3.00. The summed E-state index contributed by atoms with van der Waals surface area (Å²) < 4.78 is 0. The monoisotopic (exact) mass is 308 g/mol. The van der Waals surface area contributed by atoms with Crippen molar-refractivity contribution >= 4 is 0 Å². The first-order valence-electron chi connectivity index (χ1n) is 9.73. The zero-order valence-corrected chi connectivity index (χ0v) is 14.7. The maximum absolute atomic E-state index is 3.93. The van der Waals surface area contributed by atoms with Gasteiger partial charge < -0.3 is 0 Å². The quantitative estimate of drug-likeness (QED) is 0.267. The van der Waals surface area contributed by atoms with Gasteiger partial charge in [-0.3, -0.25) is 0 Å². The van der Waals surface area contributed by atoms with Crippen molar-refractivity contribution in [3.63, 3.8) is 0 Å². The Morgan fingerprint density at radius 2 is 0.864 bits per heavy atom. The highest BCUT2D eigenvalue weighted by Gasteiger charge is 2.07. The van der Waals surface area contributed by atoms with Crippen LogP contribution in [-0.2, 0) is 0 Å². The molecule has 128 valence electrons. The third-order valence-corrected chi connectivity index (χ3v) is 4.48. The topological polar surface area (TPSA) is 49.4 Å². The van der Waals surface area contributed by atoms with Gasteiger partial charge in [-0.05, 0) is 23.3 Å². The van der Waals surface area contributed by atoms with Gasteiger partial charge in [-0.15, -0.1) is 10.2 Å². The van der Waals surface area contributed by atoms with Gasteiger partial charge >= 0.3 is 0 Å². The molecule has 0 spiro atoms. The fourth-order valence-electron chi connectivity index (χ4n) is 3.00. The minimum Gasteiger partial charge on any atom is -0.138 e. The van der Waals surface area contributed by atoms with Gasteiger partial charge in [0.15, 0.2) is 6.17 Å². The van der Waals surface area contributed by atoms with Crippen LogP contribution in [0.5, 0.6) is 0 Å². The van der Waals surface area contributed by atoms with E-state index in [9.17, 15) is 0 Å². The Labute approximate surface area is 137 Å². The molecule has 0 saturated heterocycles. The Morgan fingerprint density at radius 1 is 0.500 bits per heavy atom. The molecule has 0 saturated carbocycles. The molecule has 0 aromatic heterocycles. The minimum absolute atomic E-state index is 0.0296. The molecular weight excluding hydrogens is 272 g/mol. The Balaban J connectivity index is 1.66. The second-order valence-electron chi connectivity index (χ2n) is 6.63. The Morgan fingerprint density at radius 3 is 1.27 bits per heavy atom. The second kappa shape index (κ2) is 15.1. The van der Waals surface area contributed by atoms with Crippen molar-refractivity contribution < 1.29 is 0 Å². The van der Waals surface area contributed by atoms with E-state index in [1.807, 2.05) is 0 Å². The fraction of sp³-hybridized carbons (Fsp3) is 1.00. The summed E-state index contributed by atoms with van der Waals surface area (Å²) in [4.78, 5) is 0. The van der Waals surface area contributed by atoms with E-state index in [0.29, 0.717) is 0 Å². The van der Waals surface area contributed by atoms with Crippen LogP contribution in [0.25, 0.3) is 0 Å². The molecule has 0 N–H and O–H groups in total. The van der Waals surface area contributed by atoms with Crippen LogP contribution in [-0.4, -0.2) is 6.17 Å². The van der Waals surface area contributed by atoms with Gasteiger partial charge in [0, 0.05) is 0 Å². The van der Waals surface area contributed by atoms with Crippen LogP contribution in [0.3, 0.4) is 0 Å². The van der Waals surface area contributed by atoms with Gasteiger partial charge in [-0.25, -0.2) is 0 Å². The summed E-state index contributed by atoms with van der Waals surface area (Å²) in [5.41, 5.74) is 0. The summed E-state index contributed by atoms with van der Waals surface area (Å²) in [5.74, 6) is 0. The normalized spacial score (nSPS) is 14.2. The van der Waals surface area contributed by atoms with Crippen molar-refractivity contribution in [1.29, 1.82) is 0 Å². The Hall–Kier alpha value is -0.800. The molecule has 1 aliphatic heterocycles. The van der Waals surface area contributed by atoms with Gasteiger partial charge in [0.25, 0.3) is 0 Å². The molecule has 1 rings (SSSR count). The van der Waals surface area contributed by atoms with Gasteiger partial charge in [-0.1, -0.05) is 96.8 Å². The molecule has 0 aromatic carbocycles. The van der Waals surface area contributed by atoms with Crippen LogP contribution in [0.1, 0.15) is 110 Å². The number of hydrogen-bond acceptors (Lipinski definition) is 4. The SMILES string of the molecule is CCCCCCCCCCCCCCCCCC1N=NN=N1. The van der Waals surface area contributed by atoms with Crippen LogP contribution in [0.15, 0.2) is 20.7 Å². The first-order valence-corrected chi connectivity index (χ1v) is 9.73. The summed E-state index contributed by atoms with van der Waals surface area (Å²) in [6, 6.07) is 0. The van der Waals surface area contributed by atoms with E-state index in [1.165, 1.54) is 96.3 Å². The predicted octanol–water partition coefficient (Wildman–Crippen LogP) is 7.41. The first kappa shape index (κ1) is 19.2. The van der Waals surface area contributed by atoms with Crippen molar-refractivity contribution in [1.82, 2.24) is 0 Å². The summed E-state index contributed by atoms with van der Waals surface area (Å²) in [5, 5.41) is 14.9. The van der Waals surface area contributed by atoms with Gasteiger partial charge in [0.1, 0.15) is 0 Å². The van der Waals surface area contributed by atoms with Crippen molar-refractivity contribution in [2.75, 3.05) is 0 Å². The molecule has 0 aliphatic carbocycles. The number of nitrogens with zero attached hydrogens (tertiary/aromatic N) is 4. The lowest BCUT2D eigenvalue weighted by Crippen LogP contribution is -1.95. The van der Waals surface area contributed by atoms with Crippen molar-refractivity contribution in [2.24, 2.45) is 20.7 Å². The van der Waals surface area contributed by atoms with E-state index >= 15 is 0 Å². The zero-order valence-electron chi connectivity index (χ0n) is 14.7. The van der Waals surface area contributed by atoms with Crippen molar-refractivity contribution in [2.45, 2.75) is 116 Å². The molecular formula is C18H36N4. The summed E-state index contributed by atoms with van der Waals surface area (Å²) >= 11 is 0. The maximum Gasteiger partial charge on any atom is 0.185 e. The second-order valence-corrected chi connectivity index (χ2v) is 6.63. The van der Waals surface area contributed by atoms with Crippen molar-refractivity contribution in [3.8, 4) is 0 Å². The summed E-state index contributed by atoms with van der Waals surface area (Å²) in [6.45, 7) is 2.29. The third-order valence-electron chi connectivity index (χ3n) is 4.48. The van der Waals surface area contributed by atoms with E-state index < -0.39 is 0 Å². The van der Waals surface area contributed by atoms with Crippen LogP contribution in [0, 0.1) is 0 Å². The number of hydrogen-bond donors (Lipinski definition) is 0. The minimum atomic E-state index is 0.0296. The number of unbranched alkanes of at least 4 members (excludes halogenated alkanes) is 14. The van der Waals surface area contributed by atoms with E-state index in [2.05, 4.69) is 27.6 Å². The van der Waals surface area contributed by atoms with Crippen LogP contribution in [0.4, 0.5) is 0 Å². The molecule has 0 amide bonds. The smallest absolute Gasteiger partial charge is 0.138 e. The van der Waals surface area contributed by atoms with Gasteiger partial charge in [-0.2, -0.15) is 0 Å². The molecule has 22 heavy (non-hydrogen) atoms. The summed E-state index contributed by atoms with van der Waals surface area (Å²) in [7, 11) is 0. The highest BCUT2D eigenvalue weighted by Crippen LogP contribution is 2.16. The average Bonchev–Trinajstić information content (AvgIpc) is 3.04. The Bertz CT molecular complexity index is 277. The van der Waals surface area contributed by atoms with Gasteiger partial charge in [0.2, 0.25) is 0 Å². The van der Waals surface area contributed by atoms with E-state index in [-0.39, 0.29) is 6.17 Å². The zero-order chi connectivity index (χ0) is 15.7. The molecule has 0 bridgehead atoms. The number of rotatable bonds is 16. The molecule has 4 nitrogen and oxygen atoms in total. The first-order chi connectivity index (χ1) is 10.9. The van der Waals surface area contributed by atoms with Crippen LogP contribution < -0.4 is 0 Å². The predicted molar refractivity (Wildman–Crippen MR) is 93.0 cm³/mol. The molecule has 4 heteroatoms. The molecule has 1 heterocycles. The highest BCUT2D eigenvalue weighted by molar-refractivity contribution is 4.61. The summed E-state index contributed by atoms with van der Waals surface area (Å²) in [6.07, 6.45) is 22.1. The maximum atomic E-state index is 3.93. The van der Waals surface area contributed by atoms with Gasteiger partial charge in [0.05, 0.1) is 0 Å².